The third-order valence-corrected chi connectivity index (χ3v) is 4.30. The number of anilines is 3. The fourth-order valence-electron chi connectivity index (χ4n) is 2.44. The molecule has 0 fully saturated rings. The molecular weight excluding hydrogens is 348 g/mol. The monoisotopic (exact) mass is 366 g/mol. The van der Waals surface area contributed by atoms with Crippen molar-refractivity contribution in [3.8, 4) is 0 Å². The minimum atomic E-state index is -0.291. The van der Waals surface area contributed by atoms with Gasteiger partial charge in [0.05, 0.1) is 10.7 Å². The molecule has 1 aromatic heterocycles. The number of rotatable bonds is 4. The van der Waals surface area contributed by atoms with Crippen LogP contribution in [-0.2, 0) is 0 Å². The summed E-state index contributed by atoms with van der Waals surface area (Å²) in [5.74, 6) is 0.0318. The molecule has 1 heterocycles. The maximum atomic E-state index is 12.6. The fraction of sp³-hybridized carbons (Fsp3) is 0.150. The molecule has 132 valence electrons. The van der Waals surface area contributed by atoms with Crippen molar-refractivity contribution < 1.29 is 4.79 Å². The highest BCUT2D eigenvalue weighted by atomic mass is 35.5. The van der Waals surface area contributed by atoms with Gasteiger partial charge in [0, 0.05) is 11.4 Å². The molecule has 0 bridgehead atoms. The zero-order valence-electron chi connectivity index (χ0n) is 14.8. The Labute approximate surface area is 157 Å². The number of carbonyl (C=O) groups is 1. The molecule has 0 saturated carbocycles. The number of para-hydroxylation sites is 1. The van der Waals surface area contributed by atoms with Gasteiger partial charge in [-0.2, -0.15) is 0 Å². The number of hydrogen-bond acceptors (Lipinski definition) is 4. The molecular formula is C20H19ClN4O. The standard InChI is InChI=1S/C20H19ClN4O/c1-12-8-9-15(10-13(12)2)23-19(26)18-11-14(3)22-20(25-18)24-17-7-5-4-6-16(17)21/h4-11H,1-3H3,(H,23,26)(H,22,24,25). The predicted molar refractivity (Wildman–Crippen MR) is 105 cm³/mol. The second-order valence-corrected chi connectivity index (χ2v) is 6.48. The summed E-state index contributed by atoms with van der Waals surface area (Å²) < 4.78 is 0. The number of aryl methyl sites for hydroxylation is 3. The summed E-state index contributed by atoms with van der Waals surface area (Å²) in [4.78, 5) is 21.2. The van der Waals surface area contributed by atoms with Crippen LogP contribution in [0.4, 0.5) is 17.3 Å². The van der Waals surface area contributed by atoms with Gasteiger partial charge in [-0.15, -0.1) is 0 Å². The van der Waals surface area contributed by atoms with Gasteiger partial charge in [0.2, 0.25) is 5.95 Å². The smallest absolute Gasteiger partial charge is 0.274 e. The van der Waals surface area contributed by atoms with Crippen molar-refractivity contribution in [2.45, 2.75) is 20.8 Å². The number of aromatic nitrogens is 2. The molecule has 0 unspecified atom stereocenters. The molecule has 6 heteroatoms. The van der Waals surface area contributed by atoms with E-state index in [9.17, 15) is 4.79 Å². The molecule has 0 aliphatic carbocycles. The molecule has 0 radical (unpaired) electrons. The summed E-state index contributed by atoms with van der Waals surface area (Å²) in [6.45, 7) is 5.85. The number of benzene rings is 2. The van der Waals surface area contributed by atoms with Gasteiger partial charge in [-0.1, -0.05) is 29.8 Å². The first-order chi connectivity index (χ1) is 12.4. The van der Waals surface area contributed by atoms with Gasteiger partial charge < -0.3 is 10.6 Å². The third-order valence-electron chi connectivity index (χ3n) is 3.97. The van der Waals surface area contributed by atoms with Gasteiger partial charge in [0.15, 0.2) is 0 Å². The van der Waals surface area contributed by atoms with E-state index in [1.807, 2.05) is 57.2 Å². The molecule has 26 heavy (non-hydrogen) atoms. The van der Waals surface area contributed by atoms with Crippen LogP contribution in [0.2, 0.25) is 5.02 Å². The fourth-order valence-corrected chi connectivity index (χ4v) is 2.62. The first kappa shape index (κ1) is 17.9. The highest BCUT2D eigenvalue weighted by Crippen LogP contribution is 2.23. The number of amides is 1. The van der Waals surface area contributed by atoms with E-state index in [2.05, 4.69) is 20.6 Å². The van der Waals surface area contributed by atoms with Crippen LogP contribution in [0.3, 0.4) is 0 Å². The highest BCUT2D eigenvalue weighted by molar-refractivity contribution is 6.33. The van der Waals surface area contributed by atoms with E-state index in [0.29, 0.717) is 22.4 Å². The average Bonchev–Trinajstić information content (AvgIpc) is 2.60. The van der Waals surface area contributed by atoms with Gasteiger partial charge in [-0.3, -0.25) is 4.79 Å². The second kappa shape index (κ2) is 7.54. The molecule has 0 saturated heterocycles. The Balaban J connectivity index is 1.83. The molecule has 1 amide bonds. The number of nitrogens with zero attached hydrogens (tertiary/aromatic N) is 2. The average molecular weight is 367 g/mol. The Morgan fingerprint density at radius 2 is 1.73 bits per heavy atom. The SMILES string of the molecule is Cc1cc(C(=O)Nc2ccc(C)c(C)c2)nc(Nc2ccccc2Cl)n1. The van der Waals surface area contributed by atoms with Crippen LogP contribution >= 0.6 is 11.6 Å². The Morgan fingerprint density at radius 1 is 0.962 bits per heavy atom. The largest absolute Gasteiger partial charge is 0.323 e. The highest BCUT2D eigenvalue weighted by Gasteiger charge is 2.12. The van der Waals surface area contributed by atoms with E-state index in [0.717, 1.165) is 11.3 Å². The van der Waals surface area contributed by atoms with Gasteiger partial charge in [0.25, 0.3) is 5.91 Å². The number of carbonyl (C=O) groups excluding carboxylic acids is 1. The lowest BCUT2D eigenvalue weighted by Gasteiger charge is -2.10. The Morgan fingerprint density at radius 3 is 2.46 bits per heavy atom. The quantitative estimate of drug-likeness (QED) is 0.678. The van der Waals surface area contributed by atoms with Crippen molar-refractivity contribution in [2.24, 2.45) is 0 Å². The number of nitrogens with one attached hydrogen (secondary N) is 2. The lowest BCUT2D eigenvalue weighted by atomic mass is 10.1. The number of hydrogen-bond donors (Lipinski definition) is 2. The van der Waals surface area contributed by atoms with E-state index in [-0.39, 0.29) is 11.6 Å². The van der Waals surface area contributed by atoms with Crippen LogP contribution in [0, 0.1) is 20.8 Å². The second-order valence-electron chi connectivity index (χ2n) is 6.08. The minimum absolute atomic E-state index is 0.283. The maximum Gasteiger partial charge on any atom is 0.274 e. The van der Waals surface area contributed by atoms with Crippen LogP contribution < -0.4 is 10.6 Å². The van der Waals surface area contributed by atoms with Gasteiger partial charge in [0.1, 0.15) is 5.69 Å². The number of halogens is 1. The molecule has 0 spiro atoms. The van der Waals surface area contributed by atoms with E-state index in [4.69, 9.17) is 11.6 Å². The molecule has 2 N–H and O–H groups in total. The zero-order chi connectivity index (χ0) is 18.7. The lowest BCUT2D eigenvalue weighted by molar-refractivity contribution is 0.102. The summed E-state index contributed by atoms with van der Waals surface area (Å²) in [5.41, 5.74) is 4.66. The molecule has 0 atom stereocenters. The Hall–Kier alpha value is -2.92. The van der Waals surface area contributed by atoms with Crippen LogP contribution in [0.1, 0.15) is 27.3 Å². The lowest BCUT2D eigenvalue weighted by Crippen LogP contribution is -2.15. The van der Waals surface area contributed by atoms with Crippen molar-refractivity contribution in [1.82, 2.24) is 9.97 Å². The van der Waals surface area contributed by atoms with Crippen molar-refractivity contribution in [3.05, 3.63) is 76.1 Å². The summed E-state index contributed by atoms with van der Waals surface area (Å²) >= 11 is 6.15. The van der Waals surface area contributed by atoms with Crippen molar-refractivity contribution in [1.29, 1.82) is 0 Å². The normalized spacial score (nSPS) is 10.5. The molecule has 0 aliphatic heterocycles. The topological polar surface area (TPSA) is 66.9 Å². The van der Waals surface area contributed by atoms with E-state index in [1.165, 1.54) is 5.56 Å². The minimum Gasteiger partial charge on any atom is -0.323 e. The van der Waals surface area contributed by atoms with Crippen LogP contribution in [0.25, 0.3) is 0 Å². The molecule has 5 nitrogen and oxygen atoms in total. The molecule has 3 rings (SSSR count). The van der Waals surface area contributed by atoms with Crippen LogP contribution in [-0.4, -0.2) is 15.9 Å². The molecule has 3 aromatic rings. The maximum absolute atomic E-state index is 12.6. The summed E-state index contributed by atoms with van der Waals surface area (Å²) in [6, 6.07) is 14.7. The first-order valence-electron chi connectivity index (χ1n) is 8.18. The Kier molecular flexibility index (Phi) is 5.19. The Bertz CT molecular complexity index is 972. The van der Waals surface area contributed by atoms with Crippen molar-refractivity contribution in [3.63, 3.8) is 0 Å². The van der Waals surface area contributed by atoms with Gasteiger partial charge in [-0.25, -0.2) is 9.97 Å². The van der Waals surface area contributed by atoms with Crippen LogP contribution in [0.5, 0.6) is 0 Å². The molecule has 2 aromatic carbocycles. The van der Waals surface area contributed by atoms with Crippen molar-refractivity contribution >= 4 is 34.8 Å². The first-order valence-corrected chi connectivity index (χ1v) is 8.56. The van der Waals surface area contributed by atoms with Crippen LogP contribution in [0.15, 0.2) is 48.5 Å². The van der Waals surface area contributed by atoms with E-state index in [1.54, 1.807) is 12.1 Å². The summed E-state index contributed by atoms with van der Waals surface area (Å²) in [7, 11) is 0. The third kappa shape index (κ3) is 4.18. The van der Waals surface area contributed by atoms with E-state index >= 15 is 0 Å². The summed E-state index contributed by atoms with van der Waals surface area (Å²) in [5, 5.41) is 6.48. The van der Waals surface area contributed by atoms with Crippen molar-refractivity contribution in [2.75, 3.05) is 10.6 Å². The van der Waals surface area contributed by atoms with Gasteiger partial charge in [-0.05, 0) is 62.2 Å². The van der Waals surface area contributed by atoms with Gasteiger partial charge >= 0.3 is 0 Å². The molecule has 0 aliphatic rings. The summed E-state index contributed by atoms with van der Waals surface area (Å²) in [6.07, 6.45) is 0. The zero-order valence-corrected chi connectivity index (χ0v) is 15.6. The predicted octanol–water partition coefficient (Wildman–Crippen LogP) is 5.05. The van der Waals surface area contributed by atoms with E-state index < -0.39 is 0 Å².